The maximum Gasteiger partial charge on any atom is 0.346 e. The molecule has 0 radical (unpaired) electrons. The van der Waals surface area contributed by atoms with Gasteiger partial charge < -0.3 is 9.47 Å². The lowest BCUT2D eigenvalue weighted by atomic mass is 9.78. The van der Waals surface area contributed by atoms with Crippen molar-refractivity contribution >= 4 is 11.9 Å². The second-order valence-electron chi connectivity index (χ2n) is 3.54. The van der Waals surface area contributed by atoms with E-state index >= 15 is 0 Å². The average Bonchev–Trinajstić information content (AvgIpc) is 2.14. The van der Waals surface area contributed by atoms with Gasteiger partial charge in [0.1, 0.15) is 5.41 Å². The van der Waals surface area contributed by atoms with E-state index in [1.807, 2.05) is 0 Å². The second-order valence-corrected chi connectivity index (χ2v) is 3.54. The number of hydrogen-bond donors (Lipinski definition) is 0. The first-order chi connectivity index (χ1) is 5.36. The average molecular weight is 172 g/mol. The van der Waals surface area contributed by atoms with Crippen LogP contribution in [0.3, 0.4) is 0 Å². The van der Waals surface area contributed by atoms with E-state index in [1.54, 1.807) is 20.8 Å². The minimum Gasteiger partial charge on any atom is -0.390 e. The fourth-order valence-corrected chi connectivity index (χ4v) is 1.10. The van der Waals surface area contributed by atoms with Gasteiger partial charge in [-0.2, -0.15) is 0 Å². The summed E-state index contributed by atoms with van der Waals surface area (Å²) in [7, 11) is 1.39. The van der Waals surface area contributed by atoms with Gasteiger partial charge in [0.15, 0.2) is 5.60 Å². The summed E-state index contributed by atoms with van der Waals surface area (Å²) < 4.78 is 9.48. The van der Waals surface area contributed by atoms with E-state index in [2.05, 4.69) is 4.74 Å². The van der Waals surface area contributed by atoms with Crippen LogP contribution >= 0.6 is 0 Å². The number of cyclic esters (lactones) is 2. The summed E-state index contributed by atoms with van der Waals surface area (Å²) in [6, 6.07) is 0. The lowest BCUT2D eigenvalue weighted by molar-refractivity contribution is -0.159. The Hall–Kier alpha value is -0.900. The monoisotopic (exact) mass is 172 g/mol. The molecule has 1 aliphatic heterocycles. The van der Waals surface area contributed by atoms with Crippen molar-refractivity contribution in [3.63, 3.8) is 0 Å². The summed E-state index contributed by atoms with van der Waals surface area (Å²) in [5.74, 6) is -1.14. The van der Waals surface area contributed by atoms with Crippen LogP contribution in [0.5, 0.6) is 0 Å². The summed E-state index contributed by atoms with van der Waals surface area (Å²) in [5, 5.41) is 0. The molecule has 1 heterocycles. The molecular weight excluding hydrogens is 160 g/mol. The van der Waals surface area contributed by atoms with Gasteiger partial charge in [0.2, 0.25) is 0 Å². The van der Waals surface area contributed by atoms with Gasteiger partial charge in [0, 0.05) is 7.11 Å². The highest BCUT2D eigenvalue weighted by Crippen LogP contribution is 2.41. The predicted molar refractivity (Wildman–Crippen MR) is 40.3 cm³/mol. The molecule has 1 fully saturated rings. The summed E-state index contributed by atoms with van der Waals surface area (Å²) in [5.41, 5.74) is -2.05. The third-order valence-electron chi connectivity index (χ3n) is 2.69. The molecule has 0 spiro atoms. The molecule has 4 nitrogen and oxygen atoms in total. The van der Waals surface area contributed by atoms with Gasteiger partial charge in [-0.05, 0) is 20.8 Å². The zero-order valence-corrected chi connectivity index (χ0v) is 7.63. The van der Waals surface area contributed by atoms with E-state index in [9.17, 15) is 9.59 Å². The van der Waals surface area contributed by atoms with Gasteiger partial charge >= 0.3 is 11.9 Å². The van der Waals surface area contributed by atoms with E-state index in [-0.39, 0.29) is 0 Å². The Bertz CT molecular complexity index is 243. The van der Waals surface area contributed by atoms with Crippen LogP contribution in [0, 0.1) is 5.41 Å². The van der Waals surface area contributed by atoms with Crippen molar-refractivity contribution in [2.45, 2.75) is 26.4 Å². The van der Waals surface area contributed by atoms with E-state index in [1.165, 1.54) is 7.11 Å². The van der Waals surface area contributed by atoms with E-state index in [4.69, 9.17) is 4.74 Å². The molecule has 0 saturated carbocycles. The maximum atomic E-state index is 11.2. The Morgan fingerprint density at radius 2 is 1.67 bits per heavy atom. The molecule has 1 aliphatic rings. The largest absolute Gasteiger partial charge is 0.390 e. The molecule has 0 aromatic heterocycles. The summed E-state index contributed by atoms with van der Waals surface area (Å²) in [6.45, 7) is 4.81. The van der Waals surface area contributed by atoms with Gasteiger partial charge in [0.05, 0.1) is 0 Å². The Morgan fingerprint density at radius 1 is 1.17 bits per heavy atom. The minimum absolute atomic E-state index is 0.531. The van der Waals surface area contributed by atoms with Crippen LogP contribution in [0.25, 0.3) is 0 Å². The van der Waals surface area contributed by atoms with Gasteiger partial charge in [-0.3, -0.25) is 4.79 Å². The number of methoxy groups -OCH3 is 1. The first-order valence-corrected chi connectivity index (χ1v) is 3.68. The quantitative estimate of drug-likeness (QED) is 0.427. The SMILES string of the molecule is COC1(C)C(=O)OC(=O)C1(C)C. The lowest BCUT2D eigenvalue weighted by Gasteiger charge is -2.29. The van der Waals surface area contributed by atoms with Crippen molar-refractivity contribution in [2.75, 3.05) is 7.11 Å². The maximum absolute atomic E-state index is 11.2. The molecule has 1 atom stereocenters. The molecule has 1 unspecified atom stereocenters. The minimum atomic E-state index is -1.15. The van der Waals surface area contributed by atoms with Gasteiger partial charge in [0.25, 0.3) is 0 Å². The van der Waals surface area contributed by atoms with Crippen LogP contribution < -0.4 is 0 Å². The van der Waals surface area contributed by atoms with Crippen molar-refractivity contribution in [1.29, 1.82) is 0 Å². The number of carbonyl (C=O) groups is 2. The molecule has 0 N–H and O–H groups in total. The molecule has 1 saturated heterocycles. The molecule has 0 aromatic rings. The van der Waals surface area contributed by atoms with E-state index in [0.717, 1.165) is 0 Å². The molecular formula is C8H12O4. The Kier molecular flexibility index (Phi) is 1.76. The fourth-order valence-electron chi connectivity index (χ4n) is 1.10. The number of esters is 2. The lowest BCUT2D eigenvalue weighted by Crippen LogP contribution is -2.46. The van der Waals surface area contributed by atoms with Crippen molar-refractivity contribution in [3.05, 3.63) is 0 Å². The first kappa shape index (κ1) is 9.19. The standard InChI is InChI=1S/C8H12O4/c1-7(2)5(9)12-6(10)8(7,3)11-4/h1-4H3. The highest BCUT2D eigenvalue weighted by Gasteiger charge is 2.61. The molecule has 68 valence electrons. The third kappa shape index (κ3) is 0.813. The van der Waals surface area contributed by atoms with Crippen LogP contribution in [0.4, 0.5) is 0 Å². The van der Waals surface area contributed by atoms with E-state index in [0.29, 0.717) is 0 Å². The zero-order valence-electron chi connectivity index (χ0n) is 7.63. The highest BCUT2D eigenvalue weighted by molar-refractivity contribution is 6.03. The Morgan fingerprint density at radius 3 is 1.83 bits per heavy atom. The topological polar surface area (TPSA) is 52.6 Å². The normalized spacial score (nSPS) is 33.7. The zero-order chi connectivity index (χ0) is 9.57. The van der Waals surface area contributed by atoms with Crippen LogP contribution in [0.1, 0.15) is 20.8 Å². The first-order valence-electron chi connectivity index (χ1n) is 3.68. The Labute approximate surface area is 70.8 Å². The van der Waals surface area contributed by atoms with Gasteiger partial charge in [-0.1, -0.05) is 0 Å². The predicted octanol–water partition coefficient (Wildman–Crippen LogP) is 0.501. The third-order valence-corrected chi connectivity index (χ3v) is 2.69. The van der Waals surface area contributed by atoms with Crippen LogP contribution in [0.15, 0.2) is 0 Å². The molecule has 0 aliphatic carbocycles. The van der Waals surface area contributed by atoms with Crippen molar-refractivity contribution < 1.29 is 19.1 Å². The fraction of sp³-hybridized carbons (Fsp3) is 0.750. The van der Waals surface area contributed by atoms with Crippen molar-refractivity contribution in [1.82, 2.24) is 0 Å². The number of carbonyl (C=O) groups excluding carboxylic acids is 2. The van der Waals surface area contributed by atoms with Crippen molar-refractivity contribution in [3.8, 4) is 0 Å². The molecule has 0 bridgehead atoms. The smallest absolute Gasteiger partial charge is 0.346 e. The highest BCUT2D eigenvalue weighted by atomic mass is 16.6. The summed E-state index contributed by atoms with van der Waals surface area (Å²) in [4.78, 5) is 22.3. The second kappa shape index (κ2) is 2.29. The van der Waals surface area contributed by atoms with Crippen LogP contribution in [-0.4, -0.2) is 24.6 Å². The Balaban J connectivity index is 3.15. The molecule has 0 aromatic carbocycles. The molecule has 1 rings (SSSR count). The number of rotatable bonds is 1. The van der Waals surface area contributed by atoms with Crippen molar-refractivity contribution in [2.24, 2.45) is 5.41 Å². The summed E-state index contributed by atoms with van der Waals surface area (Å²) >= 11 is 0. The summed E-state index contributed by atoms with van der Waals surface area (Å²) in [6.07, 6.45) is 0. The number of hydrogen-bond acceptors (Lipinski definition) is 4. The molecule has 0 amide bonds. The molecule has 4 heteroatoms. The van der Waals surface area contributed by atoms with E-state index < -0.39 is 23.0 Å². The van der Waals surface area contributed by atoms with Crippen LogP contribution in [0.2, 0.25) is 0 Å². The van der Waals surface area contributed by atoms with Gasteiger partial charge in [-0.15, -0.1) is 0 Å². The molecule has 12 heavy (non-hydrogen) atoms. The van der Waals surface area contributed by atoms with Crippen LogP contribution in [-0.2, 0) is 19.1 Å². The van der Waals surface area contributed by atoms with Gasteiger partial charge in [-0.25, -0.2) is 4.79 Å². The number of ether oxygens (including phenoxy) is 2.